The van der Waals surface area contributed by atoms with Crippen LogP contribution < -0.4 is 10.6 Å². The fourth-order valence-electron chi connectivity index (χ4n) is 4.71. The van der Waals surface area contributed by atoms with Gasteiger partial charge in [-0.15, -0.1) is 0 Å². The van der Waals surface area contributed by atoms with E-state index in [9.17, 15) is 4.79 Å². The average molecular weight is 472 g/mol. The van der Waals surface area contributed by atoms with Crippen LogP contribution >= 0.6 is 23.2 Å². The molecule has 4 heterocycles. The zero-order chi connectivity index (χ0) is 22.4. The number of nitrogens with zero attached hydrogens (tertiary/aromatic N) is 4. The van der Waals surface area contributed by atoms with Gasteiger partial charge in [0.1, 0.15) is 5.82 Å². The third-order valence-corrected chi connectivity index (χ3v) is 6.80. The van der Waals surface area contributed by atoms with Crippen LogP contribution in [-0.2, 0) is 16.0 Å². The second-order valence-electron chi connectivity index (χ2n) is 8.18. The summed E-state index contributed by atoms with van der Waals surface area (Å²) in [5.41, 5.74) is 9.53. The van der Waals surface area contributed by atoms with Gasteiger partial charge in [0.15, 0.2) is 6.10 Å². The first-order valence-corrected chi connectivity index (χ1v) is 11.3. The van der Waals surface area contributed by atoms with Crippen molar-refractivity contribution in [2.24, 2.45) is 0 Å². The molecule has 0 bridgehead atoms. The van der Waals surface area contributed by atoms with Crippen LogP contribution in [0.4, 0.5) is 11.5 Å². The van der Waals surface area contributed by atoms with E-state index in [1.807, 2.05) is 24.0 Å². The summed E-state index contributed by atoms with van der Waals surface area (Å²) in [5, 5.41) is 2.16. The number of pyridine rings is 2. The van der Waals surface area contributed by atoms with Gasteiger partial charge in [0.2, 0.25) is 0 Å². The third kappa shape index (κ3) is 3.74. The predicted molar refractivity (Wildman–Crippen MR) is 126 cm³/mol. The lowest BCUT2D eigenvalue weighted by Crippen LogP contribution is -2.53. The number of rotatable bonds is 2. The third-order valence-electron chi connectivity index (χ3n) is 6.27. The van der Waals surface area contributed by atoms with Gasteiger partial charge in [-0.3, -0.25) is 9.78 Å². The van der Waals surface area contributed by atoms with Crippen molar-refractivity contribution in [2.75, 3.05) is 36.9 Å². The molecule has 2 aliphatic heterocycles. The van der Waals surface area contributed by atoms with E-state index in [4.69, 9.17) is 33.7 Å². The van der Waals surface area contributed by atoms with E-state index >= 15 is 0 Å². The SMILES string of the molecule is C[C@H]1c2c(Cl)cc(Cl)cc2CCN1C(=O)[C@H]1CN(c2cncc3nc(N)ccc23)CCO1. The van der Waals surface area contributed by atoms with E-state index in [0.717, 1.165) is 27.7 Å². The van der Waals surface area contributed by atoms with Gasteiger partial charge >= 0.3 is 0 Å². The molecule has 0 spiro atoms. The Morgan fingerprint density at radius 1 is 1.22 bits per heavy atom. The lowest BCUT2D eigenvalue weighted by Gasteiger charge is -2.40. The lowest BCUT2D eigenvalue weighted by atomic mass is 9.93. The number of hydrogen-bond donors (Lipinski definition) is 1. The van der Waals surface area contributed by atoms with Gasteiger partial charge in [-0.25, -0.2) is 4.98 Å². The van der Waals surface area contributed by atoms with Crippen LogP contribution in [0, 0.1) is 0 Å². The highest BCUT2D eigenvalue weighted by Crippen LogP contribution is 2.37. The molecule has 1 amide bonds. The van der Waals surface area contributed by atoms with E-state index in [1.165, 1.54) is 0 Å². The van der Waals surface area contributed by atoms with E-state index in [0.29, 0.717) is 48.5 Å². The van der Waals surface area contributed by atoms with Crippen molar-refractivity contribution in [3.63, 3.8) is 0 Å². The first-order valence-electron chi connectivity index (χ1n) is 10.6. The molecule has 5 rings (SSSR count). The Bertz CT molecular complexity index is 1200. The predicted octanol–water partition coefficient (Wildman–Crippen LogP) is 3.87. The standard InChI is InChI=1S/C23H23Cl2N5O2/c1-13-22-14(8-15(24)9-17(22)25)4-5-30(13)23(31)20-12-29(6-7-32-20)19-11-27-10-18-16(19)2-3-21(26)28-18/h2-3,8-11,13,20H,4-7,12H2,1H3,(H2,26,28)/t13-,20+/m0/s1. The highest BCUT2D eigenvalue weighted by atomic mass is 35.5. The van der Waals surface area contributed by atoms with Gasteiger partial charge in [-0.2, -0.15) is 0 Å². The lowest BCUT2D eigenvalue weighted by molar-refractivity contribution is -0.147. The minimum Gasteiger partial charge on any atom is -0.384 e. The summed E-state index contributed by atoms with van der Waals surface area (Å²) < 4.78 is 5.92. The Morgan fingerprint density at radius 2 is 2.06 bits per heavy atom. The fraction of sp³-hybridized carbons (Fsp3) is 0.348. The molecule has 0 unspecified atom stereocenters. The van der Waals surface area contributed by atoms with Crippen molar-refractivity contribution in [2.45, 2.75) is 25.5 Å². The first-order chi connectivity index (χ1) is 15.4. The average Bonchev–Trinajstić information content (AvgIpc) is 2.78. The largest absolute Gasteiger partial charge is 0.384 e. The van der Waals surface area contributed by atoms with E-state index < -0.39 is 6.10 Å². The first kappa shape index (κ1) is 21.2. The van der Waals surface area contributed by atoms with Crippen LogP contribution in [-0.4, -0.2) is 53.1 Å². The number of carbonyl (C=O) groups excluding carboxylic acids is 1. The monoisotopic (exact) mass is 471 g/mol. The number of morpholine rings is 1. The number of anilines is 2. The molecule has 0 aliphatic carbocycles. The zero-order valence-corrected chi connectivity index (χ0v) is 19.1. The van der Waals surface area contributed by atoms with E-state index in [-0.39, 0.29) is 11.9 Å². The zero-order valence-electron chi connectivity index (χ0n) is 17.6. The molecule has 7 nitrogen and oxygen atoms in total. The molecular formula is C23H23Cl2N5O2. The molecule has 32 heavy (non-hydrogen) atoms. The molecule has 2 N–H and O–H groups in total. The molecule has 1 saturated heterocycles. The Labute approximate surface area is 196 Å². The molecular weight excluding hydrogens is 449 g/mol. The molecule has 2 aromatic heterocycles. The summed E-state index contributed by atoms with van der Waals surface area (Å²) in [6.45, 7) is 4.15. The minimum atomic E-state index is -0.573. The van der Waals surface area contributed by atoms with E-state index in [1.54, 1.807) is 24.5 Å². The molecule has 0 saturated carbocycles. The summed E-state index contributed by atoms with van der Waals surface area (Å²) in [5.74, 6) is 0.417. The normalized spacial score (nSPS) is 21.0. The van der Waals surface area contributed by atoms with Gasteiger partial charge in [0.05, 0.1) is 42.8 Å². The van der Waals surface area contributed by atoms with Crippen molar-refractivity contribution in [3.8, 4) is 0 Å². The second kappa shape index (κ2) is 8.39. The summed E-state index contributed by atoms with van der Waals surface area (Å²) in [6, 6.07) is 7.24. The number of nitrogens with two attached hydrogens (primary N) is 1. The molecule has 0 radical (unpaired) electrons. The maximum absolute atomic E-state index is 13.5. The number of ether oxygens (including phenoxy) is 1. The summed E-state index contributed by atoms with van der Waals surface area (Å²) in [7, 11) is 0. The molecule has 2 aliphatic rings. The van der Waals surface area contributed by atoms with Crippen molar-refractivity contribution < 1.29 is 9.53 Å². The van der Waals surface area contributed by atoms with Crippen molar-refractivity contribution >= 4 is 51.5 Å². The van der Waals surface area contributed by atoms with Gasteiger partial charge < -0.3 is 20.3 Å². The smallest absolute Gasteiger partial charge is 0.254 e. The second-order valence-corrected chi connectivity index (χ2v) is 9.03. The van der Waals surface area contributed by atoms with Gasteiger partial charge in [0, 0.05) is 28.5 Å². The number of carbonyl (C=O) groups is 1. The summed E-state index contributed by atoms with van der Waals surface area (Å²) >= 11 is 12.7. The number of aromatic nitrogens is 2. The Kier molecular flexibility index (Phi) is 5.57. The van der Waals surface area contributed by atoms with Crippen LogP contribution in [0.25, 0.3) is 10.9 Å². The van der Waals surface area contributed by atoms with Crippen LogP contribution in [0.15, 0.2) is 36.7 Å². The summed E-state index contributed by atoms with van der Waals surface area (Å²) in [4.78, 5) is 26.2. The van der Waals surface area contributed by atoms with Gasteiger partial charge in [-0.05, 0) is 48.7 Å². The summed E-state index contributed by atoms with van der Waals surface area (Å²) in [6.07, 6.45) is 3.63. The fourth-order valence-corrected chi connectivity index (χ4v) is 5.41. The Hall–Kier alpha value is -2.61. The number of halogens is 2. The van der Waals surface area contributed by atoms with Crippen LogP contribution in [0.1, 0.15) is 24.1 Å². The highest BCUT2D eigenvalue weighted by molar-refractivity contribution is 6.35. The molecule has 2 atom stereocenters. The van der Waals surface area contributed by atoms with Crippen molar-refractivity contribution in [1.29, 1.82) is 0 Å². The molecule has 3 aromatic rings. The molecule has 9 heteroatoms. The Balaban J connectivity index is 1.39. The minimum absolute atomic E-state index is 0.0329. The van der Waals surface area contributed by atoms with Gasteiger partial charge in [-0.1, -0.05) is 23.2 Å². The van der Waals surface area contributed by atoms with E-state index in [2.05, 4.69) is 14.9 Å². The van der Waals surface area contributed by atoms with Gasteiger partial charge in [0.25, 0.3) is 5.91 Å². The number of fused-ring (bicyclic) bond motifs is 2. The van der Waals surface area contributed by atoms with Crippen LogP contribution in [0.5, 0.6) is 0 Å². The quantitative estimate of drug-likeness (QED) is 0.610. The van der Waals surface area contributed by atoms with Crippen LogP contribution in [0.3, 0.4) is 0 Å². The number of nitrogen functional groups attached to an aromatic ring is 1. The molecule has 1 fully saturated rings. The number of amides is 1. The topological polar surface area (TPSA) is 84.6 Å². The highest BCUT2D eigenvalue weighted by Gasteiger charge is 2.36. The van der Waals surface area contributed by atoms with Crippen molar-refractivity contribution in [1.82, 2.24) is 14.9 Å². The maximum Gasteiger partial charge on any atom is 0.254 e. The Morgan fingerprint density at radius 3 is 2.91 bits per heavy atom. The van der Waals surface area contributed by atoms with Crippen molar-refractivity contribution in [3.05, 3.63) is 57.8 Å². The number of benzene rings is 1. The maximum atomic E-state index is 13.5. The number of hydrogen-bond acceptors (Lipinski definition) is 6. The van der Waals surface area contributed by atoms with Crippen LogP contribution in [0.2, 0.25) is 10.0 Å². The molecule has 1 aromatic carbocycles. The molecule has 166 valence electrons.